The quantitative estimate of drug-likeness (QED) is 0.329. The van der Waals surface area contributed by atoms with Crippen LogP contribution in [-0.4, -0.2) is 93.2 Å². The summed E-state index contributed by atoms with van der Waals surface area (Å²) in [6, 6.07) is 5.39. The normalized spacial score (nSPS) is 20.4. The first-order valence-electron chi connectivity index (χ1n) is 16.8. The molecule has 13 heteroatoms. The van der Waals surface area contributed by atoms with Gasteiger partial charge in [0, 0.05) is 37.8 Å². The van der Waals surface area contributed by atoms with E-state index in [1.165, 1.54) is 51.5 Å². The number of piperidine rings is 1. The Labute approximate surface area is 274 Å². The smallest absolute Gasteiger partial charge is 0.254 e. The Bertz CT molecular complexity index is 1680. The summed E-state index contributed by atoms with van der Waals surface area (Å²) < 4.78 is 22.9. The molecule has 47 heavy (non-hydrogen) atoms. The molecule has 1 unspecified atom stereocenters. The first-order chi connectivity index (χ1) is 22.8. The molecule has 2 saturated heterocycles. The third-order valence-electron chi connectivity index (χ3n) is 10.1. The number of anilines is 3. The molecule has 0 radical (unpaired) electrons. The number of imidazole rings is 1. The minimum absolute atomic E-state index is 0.00446. The molecule has 1 amide bonds. The average molecular weight is 643 g/mol. The van der Waals surface area contributed by atoms with Crippen molar-refractivity contribution in [2.75, 3.05) is 50.1 Å². The lowest BCUT2D eigenvalue weighted by Crippen LogP contribution is -2.63. The minimum Gasteiger partial charge on any atom is -0.495 e. The van der Waals surface area contributed by atoms with E-state index in [0.717, 1.165) is 44.2 Å². The number of likely N-dealkylation sites (tertiary alicyclic amines) is 2. The summed E-state index contributed by atoms with van der Waals surface area (Å²) >= 11 is 0. The van der Waals surface area contributed by atoms with Crippen LogP contribution in [0.25, 0.3) is 5.69 Å². The maximum Gasteiger partial charge on any atom is 0.254 e. The van der Waals surface area contributed by atoms with Gasteiger partial charge in [-0.25, -0.2) is 14.4 Å². The van der Waals surface area contributed by atoms with Crippen LogP contribution < -0.4 is 20.3 Å². The summed E-state index contributed by atoms with van der Waals surface area (Å²) in [6.07, 6.45) is 9.16. The van der Waals surface area contributed by atoms with E-state index in [1.807, 2.05) is 4.57 Å². The van der Waals surface area contributed by atoms with Crippen LogP contribution in [0.2, 0.25) is 0 Å². The molecule has 3 aromatic rings. The number of carbonyl (C=O) groups is 1. The zero-order valence-corrected chi connectivity index (χ0v) is 27.5. The number of benzene rings is 1. The van der Waals surface area contributed by atoms with Gasteiger partial charge in [0.05, 0.1) is 42.3 Å². The topological polar surface area (TPSA) is 127 Å². The van der Waals surface area contributed by atoms with E-state index in [2.05, 4.69) is 62.1 Å². The Morgan fingerprint density at radius 2 is 1.94 bits per heavy atom. The molecule has 2 aromatic heterocycles. The predicted octanol–water partition coefficient (Wildman–Crippen LogP) is 4.39. The first kappa shape index (κ1) is 31.3. The van der Waals surface area contributed by atoms with E-state index in [0.29, 0.717) is 34.7 Å². The molecular formula is C34H43FN10O2. The molecule has 0 bridgehead atoms. The molecule has 3 fully saturated rings. The Morgan fingerprint density at radius 3 is 2.60 bits per heavy atom. The Morgan fingerprint density at radius 1 is 1.17 bits per heavy atom. The second-order valence-electron chi connectivity index (χ2n) is 13.5. The van der Waals surface area contributed by atoms with Crippen LogP contribution in [0.5, 0.6) is 5.75 Å². The van der Waals surface area contributed by atoms with Crippen molar-refractivity contribution in [2.45, 2.75) is 77.0 Å². The fourth-order valence-electron chi connectivity index (χ4n) is 7.43. The lowest BCUT2D eigenvalue weighted by atomic mass is 9.97. The minimum atomic E-state index is -0.662. The molecule has 1 aliphatic carbocycles. The van der Waals surface area contributed by atoms with E-state index in [1.54, 1.807) is 12.5 Å². The number of ether oxygens (including phenoxy) is 1. The van der Waals surface area contributed by atoms with Gasteiger partial charge < -0.3 is 25.2 Å². The highest BCUT2D eigenvalue weighted by molar-refractivity contribution is 5.96. The molecule has 3 aliphatic heterocycles. The number of methoxy groups -OCH3 is 1. The molecule has 1 aromatic carbocycles. The number of aromatic nitrogens is 4. The zero-order valence-electron chi connectivity index (χ0n) is 27.5. The number of amides is 1. The van der Waals surface area contributed by atoms with Gasteiger partial charge in [-0.15, -0.1) is 0 Å². The van der Waals surface area contributed by atoms with Crippen molar-refractivity contribution in [2.24, 2.45) is 5.92 Å². The average Bonchev–Trinajstić information content (AvgIpc) is 3.76. The van der Waals surface area contributed by atoms with Crippen LogP contribution >= 0.6 is 0 Å². The van der Waals surface area contributed by atoms with Crippen LogP contribution in [-0.2, 0) is 0 Å². The number of nitriles is 1. The van der Waals surface area contributed by atoms with Crippen molar-refractivity contribution >= 4 is 23.4 Å². The number of hydrogen-bond acceptors (Lipinski definition) is 10. The summed E-state index contributed by atoms with van der Waals surface area (Å²) in [7, 11) is 1.48. The molecule has 0 spiro atoms. The fourth-order valence-corrected chi connectivity index (χ4v) is 7.43. The van der Waals surface area contributed by atoms with E-state index in [-0.39, 0.29) is 29.6 Å². The second-order valence-corrected chi connectivity index (χ2v) is 13.5. The molecule has 5 heterocycles. The third-order valence-corrected chi connectivity index (χ3v) is 10.1. The number of halogens is 1. The molecule has 7 rings (SSSR count). The monoisotopic (exact) mass is 642 g/mol. The van der Waals surface area contributed by atoms with Crippen molar-refractivity contribution < 1.29 is 13.9 Å². The van der Waals surface area contributed by atoms with Crippen LogP contribution in [0.15, 0.2) is 24.7 Å². The number of nitrogens with one attached hydrogen (secondary N) is 2. The van der Waals surface area contributed by atoms with Crippen LogP contribution in [0, 0.1) is 23.1 Å². The largest absolute Gasteiger partial charge is 0.495 e. The highest BCUT2D eigenvalue weighted by Crippen LogP contribution is 2.42. The summed E-state index contributed by atoms with van der Waals surface area (Å²) in [5.74, 6) is 1.03. The highest BCUT2D eigenvalue weighted by Gasteiger charge is 2.38. The van der Waals surface area contributed by atoms with Gasteiger partial charge in [0.25, 0.3) is 5.91 Å². The van der Waals surface area contributed by atoms with Crippen LogP contribution in [0.3, 0.4) is 0 Å². The number of fused-ring (bicyclic) bond motifs is 3. The van der Waals surface area contributed by atoms with Gasteiger partial charge in [0.1, 0.15) is 29.7 Å². The first-order valence-corrected chi connectivity index (χ1v) is 16.8. The van der Waals surface area contributed by atoms with Gasteiger partial charge in [-0.2, -0.15) is 10.2 Å². The predicted molar refractivity (Wildman–Crippen MR) is 176 cm³/mol. The third kappa shape index (κ3) is 6.00. The van der Waals surface area contributed by atoms with Crippen molar-refractivity contribution in [3.63, 3.8) is 0 Å². The molecule has 248 valence electrons. The van der Waals surface area contributed by atoms with Crippen LogP contribution in [0.4, 0.5) is 21.8 Å². The summed E-state index contributed by atoms with van der Waals surface area (Å²) in [4.78, 5) is 34.0. The van der Waals surface area contributed by atoms with Gasteiger partial charge in [-0.05, 0) is 71.0 Å². The molecule has 2 N–H and O–H groups in total. The molecule has 1 atom stereocenters. The summed E-state index contributed by atoms with van der Waals surface area (Å²) in [5, 5.41) is 15.8. The van der Waals surface area contributed by atoms with E-state index in [4.69, 9.17) is 9.72 Å². The van der Waals surface area contributed by atoms with Gasteiger partial charge >= 0.3 is 0 Å². The maximum absolute atomic E-state index is 15.5. The Kier molecular flexibility index (Phi) is 8.48. The van der Waals surface area contributed by atoms with Gasteiger partial charge in [-0.1, -0.05) is 6.92 Å². The summed E-state index contributed by atoms with van der Waals surface area (Å²) in [6.45, 7) is 11.3. The highest BCUT2D eigenvalue weighted by atomic mass is 19.1. The van der Waals surface area contributed by atoms with Gasteiger partial charge in [0.2, 0.25) is 5.95 Å². The number of rotatable bonds is 10. The maximum atomic E-state index is 15.5. The SMILES string of the molecule is CCC1c2c(C#N)ncn2-c2cnc(Nc3cc(F)c(C(=O)NC4CN(C5CCN(CC6CC6)CC5)C4)cc3OC)nc2N1C(C)C. The Hall–Kier alpha value is -4.28. The van der Waals surface area contributed by atoms with Gasteiger partial charge in [-0.3, -0.25) is 14.3 Å². The van der Waals surface area contributed by atoms with Crippen molar-refractivity contribution in [3.05, 3.63) is 47.4 Å². The number of nitrogens with zero attached hydrogens (tertiary/aromatic N) is 8. The lowest BCUT2D eigenvalue weighted by Gasteiger charge is -2.47. The zero-order chi connectivity index (χ0) is 32.8. The van der Waals surface area contributed by atoms with E-state index >= 15 is 4.39 Å². The lowest BCUT2D eigenvalue weighted by molar-refractivity contribution is 0.0344. The molecular weight excluding hydrogens is 599 g/mol. The van der Waals surface area contributed by atoms with Crippen molar-refractivity contribution in [3.8, 4) is 17.5 Å². The fraction of sp³-hybridized carbons (Fsp3) is 0.559. The second kappa shape index (κ2) is 12.7. The van der Waals surface area contributed by atoms with E-state index < -0.39 is 11.7 Å². The standard InChI is InChI=1S/C34H43FN10O2/c1-5-28-31-27(14-36)38-19-44(31)29-15-37-34(41-32(29)45(28)20(2)3)40-26-13-25(35)24(12-30(26)47-4)33(46)39-22-17-43(18-22)23-8-10-42(11-9-23)16-21-6-7-21/h12-13,15,19-23,28H,5-11,16-18H2,1-4H3,(H,39,46)(H,37,40,41). The summed E-state index contributed by atoms with van der Waals surface area (Å²) in [5.41, 5.74) is 2.14. The molecule has 12 nitrogen and oxygen atoms in total. The van der Waals surface area contributed by atoms with Crippen LogP contribution in [0.1, 0.15) is 80.7 Å². The van der Waals surface area contributed by atoms with Crippen molar-refractivity contribution in [1.29, 1.82) is 5.26 Å². The Balaban J connectivity index is 1.03. The van der Waals surface area contributed by atoms with Crippen molar-refractivity contribution in [1.82, 2.24) is 34.6 Å². The molecule has 4 aliphatic rings. The van der Waals surface area contributed by atoms with Gasteiger partial charge in [0.15, 0.2) is 11.5 Å². The number of hydrogen-bond donors (Lipinski definition) is 2. The number of carbonyl (C=O) groups excluding carboxylic acids is 1. The van der Waals surface area contributed by atoms with E-state index in [9.17, 15) is 10.1 Å². The molecule has 1 saturated carbocycles.